The Morgan fingerprint density at radius 2 is 1.96 bits per heavy atom. The standard InChI is InChI=1S/C18H28N2O5/c1-6-24-17(22)20(11-10-19-16(21)25-18(2,3)4)13-14-8-7-9-15(12-14)23-5/h7-9,12H,6,10-11,13H2,1-5H3,(H,19,21). The van der Waals surface area contributed by atoms with Gasteiger partial charge < -0.3 is 24.4 Å². The predicted molar refractivity (Wildman–Crippen MR) is 94.7 cm³/mol. The van der Waals surface area contributed by atoms with Gasteiger partial charge in [-0.05, 0) is 45.4 Å². The lowest BCUT2D eigenvalue weighted by Gasteiger charge is -2.23. The van der Waals surface area contributed by atoms with Gasteiger partial charge in [-0.1, -0.05) is 12.1 Å². The molecule has 1 aromatic rings. The summed E-state index contributed by atoms with van der Waals surface area (Å²) < 4.78 is 15.5. The van der Waals surface area contributed by atoms with E-state index >= 15 is 0 Å². The average molecular weight is 352 g/mol. The number of benzene rings is 1. The third-order valence-corrected chi connectivity index (χ3v) is 3.08. The summed E-state index contributed by atoms with van der Waals surface area (Å²) in [5, 5.41) is 2.64. The van der Waals surface area contributed by atoms with E-state index in [0.717, 1.165) is 5.56 Å². The number of ether oxygens (including phenoxy) is 3. The zero-order valence-corrected chi connectivity index (χ0v) is 15.6. The molecule has 0 atom stereocenters. The van der Waals surface area contributed by atoms with Crippen LogP contribution in [0.15, 0.2) is 24.3 Å². The Kier molecular flexibility index (Phi) is 8.04. The number of rotatable bonds is 7. The summed E-state index contributed by atoms with van der Waals surface area (Å²) in [6.07, 6.45) is -0.950. The summed E-state index contributed by atoms with van der Waals surface area (Å²) in [5.74, 6) is 0.716. The Hall–Kier alpha value is -2.44. The van der Waals surface area contributed by atoms with Crippen LogP contribution in [0.3, 0.4) is 0 Å². The van der Waals surface area contributed by atoms with Crippen molar-refractivity contribution >= 4 is 12.2 Å². The first kappa shape index (κ1) is 20.6. The van der Waals surface area contributed by atoms with Crippen molar-refractivity contribution in [2.24, 2.45) is 0 Å². The van der Waals surface area contributed by atoms with Crippen LogP contribution in [0.5, 0.6) is 5.75 Å². The van der Waals surface area contributed by atoms with E-state index in [0.29, 0.717) is 18.8 Å². The highest BCUT2D eigenvalue weighted by molar-refractivity contribution is 5.69. The molecule has 0 radical (unpaired) electrons. The molecule has 2 amide bonds. The number of nitrogens with zero attached hydrogens (tertiary/aromatic N) is 1. The minimum absolute atomic E-state index is 0.262. The molecule has 7 heteroatoms. The minimum Gasteiger partial charge on any atom is -0.497 e. The smallest absolute Gasteiger partial charge is 0.410 e. The van der Waals surface area contributed by atoms with Crippen molar-refractivity contribution in [1.82, 2.24) is 10.2 Å². The molecule has 0 fully saturated rings. The van der Waals surface area contributed by atoms with Crippen LogP contribution < -0.4 is 10.1 Å². The van der Waals surface area contributed by atoms with Gasteiger partial charge in [-0.3, -0.25) is 0 Å². The summed E-state index contributed by atoms with van der Waals surface area (Å²) in [4.78, 5) is 25.4. The zero-order valence-electron chi connectivity index (χ0n) is 15.6. The molecule has 0 heterocycles. The Balaban J connectivity index is 2.64. The second-order valence-corrected chi connectivity index (χ2v) is 6.40. The van der Waals surface area contributed by atoms with Gasteiger partial charge in [0.25, 0.3) is 0 Å². The maximum Gasteiger partial charge on any atom is 0.410 e. The van der Waals surface area contributed by atoms with Gasteiger partial charge >= 0.3 is 12.2 Å². The van der Waals surface area contributed by atoms with Gasteiger partial charge in [-0.2, -0.15) is 0 Å². The molecular formula is C18H28N2O5. The molecule has 0 aliphatic carbocycles. The Labute approximate surface area is 149 Å². The number of alkyl carbamates (subject to hydrolysis) is 1. The van der Waals surface area contributed by atoms with Gasteiger partial charge in [0, 0.05) is 19.6 Å². The number of nitrogens with one attached hydrogen (secondary N) is 1. The van der Waals surface area contributed by atoms with Crippen molar-refractivity contribution in [2.45, 2.75) is 39.8 Å². The molecule has 0 saturated heterocycles. The van der Waals surface area contributed by atoms with E-state index in [1.807, 2.05) is 24.3 Å². The van der Waals surface area contributed by atoms with Crippen molar-refractivity contribution in [3.8, 4) is 5.75 Å². The fraction of sp³-hybridized carbons (Fsp3) is 0.556. The number of hydrogen-bond donors (Lipinski definition) is 1. The maximum absolute atomic E-state index is 12.1. The van der Waals surface area contributed by atoms with E-state index in [9.17, 15) is 9.59 Å². The lowest BCUT2D eigenvalue weighted by Crippen LogP contribution is -2.40. The topological polar surface area (TPSA) is 77.1 Å². The van der Waals surface area contributed by atoms with Crippen LogP contribution in [0.4, 0.5) is 9.59 Å². The normalized spacial score (nSPS) is 10.8. The number of amides is 2. The van der Waals surface area contributed by atoms with Crippen LogP contribution in [0.25, 0.3) is 0 Å². The average Bonchev–Trinajstić information content (AvgIpc) is 2.52. The molecular weight excluding hydrogens is 324 g/mol. The van der Waals surface area contributed by atoms with E-state index in [1.165, 1.54) is 4.90 Å². The first-order chi connectivity index (χ1) is 11.7. The third kappa shape index (κ3) is 8.28. The van der Waals surface area contributed by atoms with Gasteiger partial charge in [0.05, 0.1) is 13.7 Å². The highest BCUT2D eigenvalue weighted by atomic mass is 16.6. The van der Waals surface area contributed by atoms with Gasteiger partial charge in [0.1, 0.15) is 11.4 Å². The Bertz CT molecular complexity index is 569. The lowest BCUT2D eigenvalue weighted by atomic mass is 10.2. The summed E-state index contributed by atoms with van der Waals surface area (Å²) in [6.45, 7) is 8.33. The van der Waals surface area contributed by atoms with Crippen LogP contribution in [-0.2, 0) is 16.0 Å². The number of carbonyl (C=O) groups excluding carboxylic acids is 2. The molecule has 7 nitrogen and oxygen atoms in total. The second kappa shape index (κ2) is 9.76. The summed E-state index contributed by atoms with van der Waals surface area (Å²) in [6, 6.07) is 7.45. The maximum atomic E-state index is 12.1. The molecule has 0 bridgehead atoms. The van der Waals surface area contributed by atoms with E-state index in [1.54, 1.807) is 34.8 Å². The number of methoxy groups -OCH3 is 1. The van der Waals surface area contributed by atoms with Crippen LogP contribution in [0.1, 0.15) is 33.3 Å². The zero-order chi connectivity index (χ0) is 18.9. The van der Waals surface area contributed by atoms with Gasteiger partial charge in [0.15, 0.2) is 0 Å². The van der Waals surface area contributed by atoms with Crippen molar-refractivity contribution in [2.75, 3.05) is 26.8 Å². The van der Waals surface area contributed by atoms with E-state index < -0.39 is 17.8 Å². The molecule has 0 unspecified atom stereocenters. The van der Waals surface area contributed by atoms with E-state index in [4.69, 9.17) is 14.2 Å². The third-order valence-electron chi connectivity index (χ3n) is 3.08. The molecule has 0 saturated carbocycles. The quantitative estimate of drug-likeness (QED) is 0.815. The molecule has 25 heavy (non-hydrogen) atoms. The molecule has 0 spiro atoms. The molecule has 0 aromatic heterocycles. The largest absolute Gasteiger partial charge is 0.497 e. The first-order valence-corrected chi connectivity index (χ1v) is 8.26. The predicted octanol–water partition coefficient (Wildman–Crippen LogP) is 3.18. The Morgan fingerprint density at radius 1 is 1.24 bits per heavy atom. The molecule has 0 aliphatic rings. The van der Waals surface area contributed by atoms with E-state index in [2.05, 4.69) is 5.32 Å². The number of carbonyl (C=O) groups is 2. The highest BCUT2D eigenvalue weighted by Crippen LogP contribution is 2.15. The SMILES string of the molecule is CCOC(=O)N(CCNC(=O)OC(C)(C)C)Cc1cccc(OC)c1. The summed E-state index contributed by atoms with van der Waals surface area (Å²) in [5.41, 5.74) is 0.343. The van der Waals surface area contributed by atoms with Crippen LogP contribution in [0.2, 0.25) is 0 Å². The van der Waals surface area contributed by atoms with Crippen molar-refractivity contribution in [1.29, 1.82) is 0 Å². The van der Waals surface area contributed by atoms with Crippen LogP contribution in [-0.4, -0.2) is 49.5 Å². The monoisotopic (exact) mass is 352 g/mol. The minimum atomic E-state index is -0.564. The molecule has 140 valence electrons. The lowest BCUT2D eigenvalue weighted by molar-refractivity contribution is 0.0516. The highest BCUT2D eigenvalue weighted by Gasteiger charge is 2.18. The molecule has 1 rings (SSSR count). The second-order valence-electron chi connectivity index (χ2n) is 6.40. The number of hydrogen-bond acceptors (Lipinski definition) is 5. The summed E-state index contributed by atoms with van der Waals surface area (Å²) >= 11 is 0. The molecule has 0 aliphatic heterocycles. The van der Waals surface area contributed by atoms with Crippen molar-refractivity contribution in [3.05, 3.63) is 29.8 Å². The van der Waals surface area contributed by atoms with Gasteiger partial charge in [-0.25, -0.2) is 9.59 Å². The van der Waals surface area contributed by atoms with E-state index in [-0.39, 0.29) is 13.2 Å². The van der Waals surface area contributed by atoms with Gasteiger partial charge in [-0.15, -0.1) is 0 Å². The molecule has 1 aromatic carbocycles. The fourth-order valence-electron chi connectivity index (χ4n) is 2.05. The van der Waals surface area contributed by atoms with Gasteiger partial charge in [0.2, 0.25) is 0 Å². The first-order valence-electron chi connectivity index (χ1n) is 8.26. The Morgan fingerprint density at radius 3 is 2.56 bits per heavy atom. The van der Waals surface area contributed by atoms with Crippen molar-refractivity contribution in [3.63, 3.8) is 0 Å². The van der Waals surface area contributed by atoms with Crippen LogP contribution >= 0.6 is 0 Å². The fourth-order valence-corrected chi connectivity index (χ4v) is 2.05. The van der Waals surface area contributed by atoms with Crippen LogP contribution in [0, 0.1) is 0 Å². The van der Waals surface area contributed by atoms with Crippen molar-refractivity contribution < 1.29 is 23.8 Å². The summed E-state index contributed by atoms with van der Waals surface area (Å²) in [7, 11) is 1.59. The molecule has 1 N–H and O–H groups in total.